The molecule has 5 heteroatoms. The van der Waals surface area contributed by atoms with Crippen molar-refractivity contribution in [3.05, 3.63) is 0 Å². The summed E-state index contributed by atoms with van der Waals surface area (Å²) < 4.78 is 9.06. The van der Waals surface area contributed by atoms with E-state index in [-0.39, 0.29) is 0 Å². The van der Waals surface area contributed by atoms with Crippen molar-refractivity contribution in [2.75, 3.05) is 42.3 Å². The monoisotopic (exact) mass is 339 g/mol. The van der Waals surface area contributed by atoms with Crippen LogP contribution in [0.2, 0.25) is 23.7 Å². The molecule has 15 heavy (non-hydrogen) atoms. The average Bonchev–Trinajstić information content (AvgIpc) is 1.96. The fourth-order valence-electron chi connectivity index (χ4n) is 2.39. The van der Waals surface area contributed by atoms with Crippen molar-refractivity contribution >= 4 is 27.3 Å². The van der Waals surface area contributed by atoms with Crippen LogP contribution < -0.4 is 0 Å². The van der Waals surface area contributed by atoms with Gasteiger partial charge in [0.25, 0.3) is 0 Å². The van der Waals surface area contributed by atoms with Gasteiger partial charge in [0.05, 0.1) is 0 Å². The first-order chi connectivity index (χ1) is 6.54. The SMILES string of the molecule is C[N](C)[Sn]([CH2][Si](C)(C)C)([N](C)C)[N](C)C. The van der Waals surface area contributed by atoms with Crippen LogP contribution in [0.25, 0.3) is 0 Å². The van der Waals surface area contributed by atoms with Gasteiger partial charge < -0.3 is 0 Å². The van der Waals surface area contributed by atoms with Crippen LogP contribution in [0.5, 0.6) is 0 Å². The molecular formula is C10H29N3SiSn. The van der Waals surface area contributed by atoms with Gasteiger partial charge in [-0.3, -0.25) is 0 Å². The number of nitrogens with zero attached hydrogens (tertiary/aromatic N) is 3. The molecule has 0 heterocycles. The van der Waals surface area contributed by atoms with Crippen molar-refractivity contribution in [1.82, 2.24) is 9.36 Å². The van der Waals surface area contributed by atoms with Crippen molar-refractivity contribution in [2.24, 2.45) is 0 Å². The summed E-state index contributed by atoms with van der Waals surface area (Å²) in [5.41, 5.74) is 0. The summed E-state index contributed by atoms with van der Waals surface area (Å²) in [7, 11) is 12.5. The minimum absolute atomic E-state index is 1.01. The minimum atomic E-state index is -2.44. The van der Waals surface area contributed by atoms with E-state index in [0.29, 0.717) is 0 Å². The van der Waals surface area contributed by atoms with E-state index in [9.17, 15) is 0 Å². The number of hydrogen-bond acceptors (Lipinski definition) is 3. The van der Waals surface area contributed by atoms with Gasteiger partial charge in [0.2, 0.25) is 0 Å². The molecule has 0 aromatic rings. The third-order valence-corrected chi connectivity index (χ3v) is 29.9. The van der Waals surface area contributed by atoms with Crippen molar-refractivity contribution in [3.63, 3.8) is 0 Å². The van der Waals surface area contributed by atoms with Crippen LogP contribution in [0.15, 0.2) is 0 Å². The van der Waals surface area contributed by atoms with Gasteiger partial charge in [-0.05, 0) is 0 Å². The van der Waals surface area contributed by atoms with Crippen LogP contribution in [0.3, 0.4) is 0 Å². The van der Waals surface area contributed by atoms with Crippen molar-refractivity contribution < 1.29 is 0 Å². The predicted octanol–water partition coefficient (Wildman–Crippen LogP) is 1.49. The third-order valence-electron chi connectivity index (χ3n) is 2.92. The van der Waals surface area contributed by atoms with Crippen LogP contribution in [0, 0.1) is 0 Å². The Labute approximate surface area is 102 Å². The molecular weight excluding hydrogens is 309 g/mol. The molecule has 0 N–H and O–H groups in total. The molecule has 0 aliphatic heterocycles. The van der Waals surface area contributed by atoms with Crippen LogP contribution >= 0.6 is 0 Å². The Hall–Kier alpha value is 0.896. The second kappa shape index (κ2) is 5.49. The fraction of sp³-hybridized carbons (Fsp3) is 1.00. The van der Waals surface area contributed by atoms with Gasteiger partial charge in [-0.2, -0.15) is 0 Å². The summed E-state index contributed by atoms with van der Waals surface area (Å²) in [5.74, 6) is 0. The molecule has 0 saturated heterocycles. The van der Waals surface area contributed by atoms with Gasteiger partial charge in [-0.15, -0.1) is 0 Å². The Morgan fingerprint density at radius 2 is 1.00 bits per heavy atom. The van der Waals surface area contributed by atoms with Gasteiger partial charge in [0.15, 0.2) is 0 Å². The molecule has 3 nitrogen and oxygen atoms in total. The summed E-state index contributed by atoms with van der Waals surface area (Å²) >= 11 is -2.44. The fourth-order valence-corrected chi connectivity index (χ4v) is 31.9. The molecule has 0 unspecified atom stereocenters. The molecule has 0 radical (unpaired) electrons. The van der Waals surface area contributed by atoms with Gasteiger partial charge in [0, 0.05) is 0 Å². The Morgan fingerprint density at radius 3 is 1.07 bits per heavy atom. The molecule has 0 amide bonds. The van der Waals surface area contributed by atoms with E-state index >= 15 is 0 Å². The molecule has 0 bridgehead atoms. The Kier molecular flexibility index (Phi) is 5.81. The first-order valence-electron chi connectivity index (χ1n) is 5.56. The van der Waals surface area contributed by atoms with Gasteiger partial charge in [-0.1, -0.05) is 0 Å². The summed E-state index contributed by atoms with van der Waals surface area (Å²) in [4.78, 5) is 0. The topological polar surface area (TPSA) is 9.72 Å². The molecule has 0 fully saturated rings. The molecule has 0 spiro atoms. The molecule has 0 atom stereocenters. The zero-order valence-corrected chi connectivity index (χ0v) is 15.9. The second-order valence-corrected chi connectivity index (χ2v) is 26.8. The van der Waals surface area contributed by atoms with Crippen LogP contribution in [0.4, 0.5) is 0 Å². The van der Waals surface area contributed by atoms with E-state index in [2.05, 4.69) is 71.3 Å². The molecule has 92 valence electrons. The normalized spacial score (nSPS) is 14.4. The number of hydrogen-bond donors (Lipinski definition) is 0. The van der Waals surface area contributed by atoms with Gasteiger partial charge in [-0.25, -0.2) is 0 Å². The van der Waals surface area contributed by atoms with E-state index in [0.717, 1.165) is 0 Å². The van der Waals surface area contributed by atoms with Crippen molar-refractivity contribution in [2.45, 2.75) is 23.7 Å². The van der Waals surface area contributed by atoms with E-state index in [1.54, 1.807) is 0 Å². The third kappa shape index (κ3) is 4.00. The Balaban J connectivity index is 5.15. The molecule has 0 aromatic heterocycles. The average molecular weight is 338 g/mol. The molecule has 0 aromatic carbocycles. The van der Waals surface area contributed by atoms with Gasteiger partial charge in [0.1, 0.15) is 0 Å². The first-order valence-corrected chi connectivity index (χ1v) is 15.1. The maximum atomic E-state index is 2.53. The summed E-state index contributed by atoms with van der Waals surface area (Å²) in [6.07, 6.45) is 0. The standard InChI is InChI=1S/C4H11Si.3C2H6N.Sn/c1-5(2,3)4;3*1-3-2;/h1H2,2-4H3;3*1-2H3;/q;3*-1;+3. The van der Waals surface area contributed by atoms with E-state index in [1.165, 1.54) is 4.06 Å². The van der Waals surface area contributed by atoms with E-state index in [4.69, 9.17) is 0 Å². The van der Waals surface area contributed by atoms with Crippen molar-refractivity contribution in [3.8, 4) is 0 Å². The molecule has 0 rings (SSSR count). The molecule has 0 aliphatic carbocycles. The quantitative estimate of drug-likeness (QED) is 0.704. The summed E-state index contributed by atoms with van der Waals surface area (Å²) in [6.45, 7) is 7.44. The summed E-state index contributed by atoms with van der Waals surface area (Å²) in [6, 6.07) is 0. The van der Waals surface area contributed by atoms with Crippen LogP contribution in [-0.2, 0) is 0 Å². The zero-order chi connectivity index (χ0) is 12.4. The maximum absolute atomic E-state index is 2.53. The van der Waals surface area contributed by atoms with E-state index in [1.807, 2.05) is 0 Å². The Morgan fingerprint density at radius 1 is 0.733 bits per heavy atom. The van der Waals surface area contributed by atoms with Crippen molar-refractivity contribution in [1.29, 1.82) is 0 Å². The molecule has 0 saturated carbocycles. The predicted molar refractivity (Wildman–Crippen MR) is 75.0 cm³/mol. The van der Waals surface area contributed by atoms with Crippen LogP contribution in [-0.4, -0.2) is 78.9 Å². The van der Waals surface area contributed by atoms with E-state index < -0.39 is 27.3 Å². The summed E-state index contributed by atoms with van der Waals surface area (Å²) in [5, 5.41) is 0. The zero-order valence-electron chi connectivity index (χ0n) is 12.0. The van der Waals surface area contributed by atoms with Gasteiger partial charge >= 0.3 is 103 Å². The first kappa shape index (κ1) is 15.9. The number of rotatable bonds is 5. The molecule has 0 aliphatic rings. The second-order valence-electron chi connectivity index (χ2n) is 6.20. The van der Waals surface area contributed by atoms with Crippen LogP contribution in [0.1, 0.15) is 0 Å². The Bertz CT molecular complexity index is 178.